The zero-order chi connectivity index (χ0) is 25.0. The van der Waals surface area contributed by atoms with Gasteiger partial charge in [-0.1, -0.05) is 17.2 Å². The van der Waals surface area contributed by atoms with E-state index in [0.29, 0.717) is 39.7 Å². The molecule has 0 bridgehead atoms. The van der Waals surface area contributed by atoms with Crippen molar-refractivity contribution in [3.05, 3.63) is 42.5 Å². The molecule has 2 heterocycles. The number of sulfonamides is 1. The van der Waals surface area contributed by atoms with Crippen LogP contribution < -0.4 is 14.8 Å². The minimum Gasteiger partial charge on any atom is -0.493 e. The van der Waals surface area contributed by atoms with Crippen molar-refractivity contribution in [2.75, 3.05) is 38.9 Å². The minimum atomic E-state index is -3.63. The molecular formula is C23H26N4O6S2. The van der Waals surface area contributed by atoms with Crippen LogP contribution in [0.1, 0.15) is 12.8 Å². The van der Waals surface area contributed by atoms with Crippen molar-refractivity contribution < 1.29 is 27.1 Å². The highest BCUT2D eigenvalue weighted by Crippen LogP contribution is 2.33. The SMILES string of the molecule is COc1ccc(-c2nnc(NC(=O)C3CCN(S(=O)(=O)c4ccccc4SC)CC3)o2)cc1OC. The lowest BCUT2D eigenvalue weighted by Crippen LogP contribution is -2.41. The average molecular weight is 519 g/mol. The fourth-order valence-electron chi connectivity index (χ4n) is 3.90. The second-order valence-electron chi connectivity index (χ2n) is 7.80. The number of aromatic nitrogens is 2. The van der Waals surface area contributed by atoms with E-state index in [0.717, 1.165) is 0 Å². The molecule has 10 nitrogen and oxygen atoms in total. The minimum absolute atomic E-state index is 0.0243. The Kier molecular flexibility index (Phi) is 7.63. The Morgan fingerprint density at radius 3 is 2.49 bits per heavy atom. The van der Waals surface area contributed by atoms with E-state index in [2.05, 4.69) is 15.5 Å². The summed E-state index contributed by atoms with van der Waals surface area (Å²) in [5.74, 6) is 0.641. The summed E-state index contributed by atoms with van der Waals surface area (Å²) in [7, 11) is -0.561. The van der Waals surface area contributed by atoms with Gasteiger partial charge in [0.15, 0.2) is 11.5 Å². The van der Waals surface area contributed by atoms with Crippen LogP contribution in [0.4, 0.5) is 6.01 Å². The number of ether oxygens (including phenoxy) is 2. The maximum Gasteiger partial charge on any atom is 0.322 e. The Hall–Kier alpha value is -3.09. The Balaban J connectivity index is 1.38. The molecule has 1 fully saturated rings. The van der Waals surface area contributed by atoms with Crippen LogP contribution in [-0.4, -0.2) is 62.4 Å². The molecular weight excluding hydrogens is 492 g/mol. The number of thioether (sulfide) groups is 1. The third-order valence-corrected chi connectivity index (χ3v) is 8.68. The van der Waals surface area contributed by atoms with Gasteiger partial charge in [0, 0.05) is 29.5 Å². The lowest BCUT2D eigenvalue weighted by molar-refractivity contribution is -0.121. The van der Waals surface area contributed by atoms with Gasteiger partial charge in [0.05, 0.1) is 19.1 Å². The molecule has 0 unspecified atom stereocenters. The molecule has 0 radical (unpaired) electrons. The summed E-state index contributed by atoms with van der Waals surface area (Å²) in [5.41, 5.74) is 0.611. The highest BCUT2D eigenvalue weighted by molar-refractivity contribution is 7.99. The standard InChI is InChI=1S/C23H26N4O6S2/c1-31-17-9-8-16(14-18(17)32-2)22-25-26-23(33-22)24-21(28)15-10-12-27(13-11-15)35(29,30)20-7-5-4-6-19(20)34-3/h4-9,14-15H,10-13H2,1-3H3,(H,24,26,28). The van der Waals surface area contributed by atoms with Crippen LogP contribution in [0.15, 0.2) is 56.7 Å². The van der Waals surface area contributed by atoms with Crippen molar-refractivity contribution in [1.29, 1.82) is 0 Å². The van der Waals surface area contributed by atoms with Crippen LogP contribution in [0.5, 0.6) is 11.5 Å². The molecule has 1 saturated heterocycles. The number of methoxy groups -OCH3 is 2. The summed E-state index contributed by atoms with van der Waals surface area (Å²) in [6.45, 7) is 0.508. The first-order valence-corrected chi connectivity index (χ1v) is 13.5. The predicted molar refractivity (Wildman–Crippen MR) is 131 cm³/mol. The molecule has 0 aliphatic carbocycles. The van der Waals surface area contributed by atoms with Gasteiger partial charge in [-0.3, -0.25) is 10.1 Å². The van der Waals surface area contributed by atoms with Gasteiger partial charge in [-0.2, -0.15) is 4.31 Å². The quantitative estimate of drug-likeness (QED) is 0.446. The number of rotatable bonds is 8. The summed E-state index contributed by atoms with van der Waals surface area (Å²) in [6.07, 6.45) is 2.63. The molecule has 186 valence electrons. The van der Waals surface area contributed by atoms with Gasteiger partial charge in [0.25, 0.3) is 0 Å². The maximum absolute atomic E-state index is 13.1. The third-order valence-electron chi connectivity index (χ3n) is 5.80. The molecule has 4 rings (SSSR count). The van der Waals surface area contributed by atoms with Crippen molar-refractivity contribution in [2.24, 2.45) is 5.92 Å². The lowest BCUT2D eigenvalue weighted by atomic mass is 9.97. The van der Waals surface area contributed by atoms with Crippen molar-refractivity contribution >= 4 is 33.7 Å². The summed E-state index contributed by atoms with van der Waals surface area (Å²) >= 11 is 1.39. The smallest absolute Gasteiger partial charge is 0.322 e. The summed E-state index contributed by atoms with van der Waals surface area (Å²) in [6, 6.07) is 12.1. The molecule has 1 aliphatic rings. The number of nitrogens with one attached hydrogen (secondary N) is 1. The second-order valence-corrected chi connectivity index (χ2v) is 10.6. The topological polar surface area (TPSA) is 124 Å². The Morgan fingerprint density at radius 1 is 1.09 bits per heavy atom. The first-order chi connectivity index (χ1) is 16.9. The number of amides is 1. The van der Waals surface area contributed by atoms with Gasteiger partial charge in [0.2, 0.25) is 21.8 Å². The second kappa shape index (κ2) is 10.7. The number of piperidine rings is 1. The van der Waals surface area contributed by atoms with Crippen molar-refractivity contribution in [3.8, 4) is 23.0 Å². The Morgan fingerprint density at radius 2 is 1.80 bits per heavy atom. The number of hydrogen-bond donors (Lipinski definition) is 1. The van der Waals surface area contributed by atoms with Crippen molar-refractivity contribution in [1.82, 2.24) is 14.5 Å². The van der Waals surface area contributed by atoms with E-state index >= 15 is 0 Å². The number of hydrogen-bond acceptors (Lipinski definition) is 9. The first-order valence-electron chi connectivity index (χ1n) is 10.9. The van der Waals surface area contributed by atoms with Crippen LogP contribution in [0.3, 0.4) is 0 Å². The van der Waals surface area contributed by atoms with Gasteiger partial charge in [-0.15, -0.1) is 16.9 Å². The molecule has 12 heteroatoms. The molecule has 0 saturated carbocycles. The zero-order valence-corrected chi connectivity index (χ0v) is 21.2. The summed E-state index contributed by atoms with van der Waals surface area (Å²) in [5, 5.41) is 10.6. The van der Waals surface area contributed by atoms with E-state index in [1.165, 1.54) is 23.2 Å². The van der Waals surface area contributed by atoms with Crippen LogP contribution >= 0.6 is 11.8 Å². The number of carbonyl (C=O) groups is 1. The molecule has 1 aliphatic heterocycles. The molecule has 1 N–H and O–H groups in total. The Labute approximate surface area is 208 Å². The van der Waals surface area contributed by atoms with E-state index in [1.807, 2.05) is 12.3 Å². The molecule has 35 heavy (non-hydrogen) atoms. The van der Waals surface area contributed by atoms with Gasteiger partial charge in [-0.25, -0.2) is 8.42 Å². The highest BCUT2D eigenvalue weighted by Gasteiger charge is 2.33. The van der Waals surface area contributed by atoms with Crippen LogP contribution in [0.2, 0.25) is 0 Å². The van der Waals surface area contributed by atoms with Crippen LogP contribution in [0.25, 0.3) is 11.5 Å². The largest absolute Gasteiger partial charge is 0.493 e. The van der Waals surface area contributed by atoms with Crippen molar-refractivity contribution in [3.63, 3.8) is 0 Å². The number of nitrogens with zero attached hydrogens (tertiary/aromatic N) is 3. The van der Waals surface area contributed by atoms with E-state index in [9.17, 15) is 13.2 Å². The maximum atomic E-state index is 13.1. The van der Waals surface area contributed by atoms with E-state index < -0.39 is 10.0 Å². The number of carbonyl (C=O) groups excluding carboxylic acids is 1. The highest BCUT2D eigenvalue weighted by atomic mass is 32.2. The lowest BCUT2D eigenvalue weighted by Gasteiger charge is -2.30. The fraction of sp³-hybridized carbons (Fsp3) is 0.348. The Bertz CT molecular complexity index is 1300. The monoisotopic (exact) mass is 518 g/mol. The first kappa shape index (κ1) is 25.0. The van der Waals surface area contributed by atoms with Crippen LogP contribution in [-0.2, 0) is 14.8 Å². The summed E-state index contributed by atoms with van der Waals surface area (Å²) < 4.78 is 43.8. The van der Waals surface area contributed by atoms with Gasteiger partial charge in [-0.05, 0) is 49.4 Å². The van der Waals surface area contributed by atoms with Gasteiger partial charge < -0.3 is 13.9 Å². The van der Waals surface area contributed by atoms with Crippen molar-refractivity contribution in [2.45, 2.75) is 22.6 Å². The number of anilines is 1. The molecule has 0 atom stereocenters. The van der Waals surface area contributed by atoms with E-state index in [4.69, 9.17) is 13.9 Å². The van der Waals surface area contributed by atoms with Crippen LogP contribution in [0, 0.1) is 5.92 Å². The predicted octanol–water partition coefficient (Wildman–Crippen LogP) is 3.52. The third kappa shape index (κ3) is 5.29. The van der Waals surface area contributed by atoms with E-state index in [-0.39, 0.29) is 36.8 Å². The number of benzene rings is 2. The molecule has 0 spiro atoms. The van der Waals surface area contributed by atoms with E-state index in [1.54, 1.807) is 43.5 Å². The fourth-order valence-corrected chi connectivity index (χ4v) is 6.49. The van der Waals surface area contributed by atoms with Gasteiger partial charge >= 0.3 is 6.01 Å². The molecule has 3 aromatic rings. The molecule has 1 amide bonds. The molecule has 2 aromatic carbocycles. The normalized spacial score (nSPS) is 15.1. The zero-order valence-electron chi connectivity index (χ0n) is 19.6. The average Bonchev–Trinajstić information content (AvgIpc) is 3.36. The molecule has 1 aromatic heterocycles. The van der Waals surface area contributed by atoms with Gasteiger partial charge in [0.1, 0.15) is 0 Å². The summed E-state index contributed by atoms with van der Waals surface area (Å²) in [4.78, 5) is 13.8.